The van der Waals surface area contributed by atoms with Gasteiger partial charge in [-0.3, -0.25) is 19.7 Å². The first kappa shape index (κ1) is 19.4. The second-order valence-corrected chi connectivity index (χ2v) is 8.58. The lowest BCUT2D eigenvalue weighted by molar-refractivity contribution is -0.136. The van der Waals surface area contributed by atoms with Gasteiger partial charge in [0.1, 0.15) is 16.7 Å². The first-order valence-corrected chi connectivity index (χ1v) is 10.5. The molecule has 0 spiro atoms. The van der Waals surface area contributed by atoms with Crippen LogP contribution >= 0.6 is 11.3 Å². The minimum atomic E-state index is -0.637. The zero-order valence-electron chi connectivity index (χ0n) is 16.8. The summed E-state index contributed by atoms with van der Waals surface area (Å²) >= 11 is 1.46. The van der Waals surface area contributed by atoms with Crippen molar-refractivity contribution in [2.45, 2.75) is 32.4 Å². The van der Waals surface area contributed by atoms with Crippen LogP contribution in [-0.2, 0) is 16.1 Å². The van der Waals surface area contributed by atoms with Crippen molar-refractivity contribution < 1.29 is 19.1 Å². The number of methoxy groups -OCH3 is 1. The van der Waals surface area contributed by atoms with Gasteiger partial charge in [0, 0.05) is 18.5 Å². The first-order valence-electron chi connectivity index (χ1n) is 9.66. The van der Waals surface area contributed by atoms with E-state index < -0.39 is 11.9 Å². The van der Waals surface area contributed by atoms with Crippen molar-refractivity contribution in [1.82, 2.24) is 30.2 Å². The van der Waals surface area contributed by atoms with Crippen LogP contribution in [0.2, 0.25) is 0 Å². The fourth-order valence-electron chi connectivity index (χ4n) is 3.85. The molecule has 2 aliphatic rings. The molecule has 0 bridgehead atoms. The smallest absolute Gasteiger partial charge is 0.255 e. The number of benzene rings is 1. The monoisotopic (exact) mass is 438 g/mol. The maximum absolute atomic E-state index is 13.0. The molecule has 1 aromatic carbocycles. The normalized spacial score (nSPS) is 18.3. The number of imide groups is 1. The van der Waals surface area contributed by atoms with E-state index in [4.69, 9.17) is 4.74 Å². The molecule has 2 aliphatic heterocycles. The number of ether oxygens (including phenoxy) is 1. The Hall–Kier alpha value is -3.60. The van der Waals surface area contributed by atoms with Crippen molar-refractivity contribution in [3.05, 3.63) is 40.4 Å². The number of fused-ring (bicyclic) bond motifs is 1. The van der Waals surface area contributed by atoms with Crippen LogP contribution in [0.5, 0.6) is 5.88 Å². The standard InChI is InChI=1S/C20H18N6O4S/c1-10-18(30-2)22-19(31-10)14-9-26(24-23-14)12-4-3-11-8-25(20(29)13(11)7-12)15-5-6-16(27)21-17(15)28/h3-4,7,9,15H,5-6,8H2,1-2H3,(H,21,27,28). The third-order valence-electron chi connectivity index (χ3n) is 5.44. The van der Waals surface area contributed by atoms with Crippen molar-refractivity contribution in [3.63, 3.8) is 0 Å². The number of nitrogens with one attached hydrogen (secondary N) is 1. The molecule has 10 nitrogen and oxygen atoms in total. The number of thiazole rings is 1. The van der Waals surface area contributed by atoms with Crippen LogP contribution in [0.1, 0.15) is 33.6 Å². The van der Waals surface area contributed by atoms with E-state index in [1.807, 2.05) is 19.1 Å². The lowest BCUT2D eigenvalue weighted by Gasteiger charge is -2.29. The molecule has 11 heteroatoms. The number of aromatic nitrogens is 4. The number of piperidine rings is 1. The molecule has 1 atom stereocenters. The predicted octanol–water partition coefficient (Wildman–Crippen LogP) is 1.47. The van der Waals surface area contributed by atoms with Crippen molar-refractivity contribution in [1.29, 1.82) is 0 Å². The van der Waals surface area contributed by atoms with E-state index in [-0.39, 0.29) is 18.2 Å². The molecule has 0 radical (unpaired) electrons. The Labute approximate surface area is 180 Å². The summed E-state index contributed by atoms with van der Waals surface area (Å²) < 4.78 is 6.81. The molecule has 1 fully saturated rings. The molecule has 1 unspecified atom stereocenters. The summed E-state index contributed by atoms with van der Waals surface area (Å²) in [7, 11) is 1.57. The van der Waals surface area contributed by atoms with Gasteiger partial charge in [-0.1, -0.05) is 11.3 Å². The highest BCUT2D eigenvalue weighted by Crippen LogP contribution is 2.32. The molecule has 5 rings (SSSR count). The van der Waals surface area contributed by atoms with Crippen molar-refractivity contribution in [3.8, 4) is 22.3 Å². The molecule has 3 aromatic rings. The van der Waals surface area contributed by atoms with E-state index >= 15 is 0 Å². The molecule has 0 saturated carbocycles. The van der Waals surface area contributed by atoms with Crippen LogP contribution in [0.4, 0.5) is 0 Å². The molecular weight excluding hydrogens is 420 g/mol. The average Bonchev–Trinajstić information content (AvgIpc) is 3.45. The number of nitrogens with zero attached hydrogens (tertiary/aromatic N) is 5. The first-order chi connectivity index (χ1) is 14.9. The zero-order valence-corrected chi connectivity index (χ0v) is 17.6. The van der Waals surface area contributed by atoms with Crippen LogP contribution < -0.4 is 10.1 Å². The van der Waals surface area contributed by atoms with Gasteiger partial charge in [0.05, 0.1) is 23.9 Å². The number of carbonyl (C=O) groups is 3. The Balaban J connectivity index is 1.41. The number of carbonyl (C=O) groups excluding carboxylic acids is 3. The lowest BCUT2D eigenvalue weighted by Crippen LogP contribution is -2.52. The van der Waals surface area contributed by atoms with Gasteiger partial charge in [-0.15, -0.1) is 16.4 Å². The van der Waals surface area contributed by atoms with E-state index in [0.29, 0.717) is 40.8 Å². The Morgan fingerprint density at radius 2 is 2.10 bits per heavy atom. The van der Waals surface area contributed by atoms with Crippen LogP contribution in [0.25, 0.3) is 16.4 Å². The molecule has 0 aliphatic carbocycles. The SMILES string of the molecule is COc1nc(-c2cn(-c3ccc4c(c3)C(=O)N(C3CCC(=O)NC3=O)C4)nn2)sc1C. The number of amides is 3. The van der Waals surface area contributed by atoms with Gasteiger partial charge >= 0.3 is 0 Å². The quantitative estimate of drug-likeness (QED) is 0.613. The molecule has 3 amide bonds. The maximum atomic E-state index is 13.0. The molecule has 1 N–H and O–H groups in total. The molecule has 31 heavy (non-hydrogen) atoms. The van der Waals surface area contributed by atoms with Crippen LogP contribution in [0.3, 0.4) is 0 Å². The lowest BCUT2D eigenvalue weighted by atomic mass is 10.0. The summed E-state index contributed by atoms with van der Waals surface area (Å²) in [6, 6.07) is 4.82. The topological polar surface area (TPSA) is 119 Å². The minimum absolute atomic E-state index is 0.227. The molecule has 2 aromatic heterocycles. The van der Waals surface area contributed by atoms with Gasteiger partial charge in [0.15, 0.2) is 0 Å². The summed E-state index contributed by atoms with van der Waals surface area (Å²) in [5.41, 5.74) is 2.63. The van der Waals surface area contributed by atoms with Gasteiger partial charge in [-0.05, 0) is 31.0 Å². The highest BCUT2D eigenvalue weighted by molar-refractivity contribution is 7.15. The Morgan fingerprint density at radius 1 is 1.26 bits per heavy atom. The third kappa shape index (κ3) is 3.26. The van der Waals surface area contributed by atoms with Crippen molar-refractivity contribution in [2.75, 3.05) is 7.11 Å². The Morgan fingerprint density at radius 3 is 2.84 bits per heavy atom. The van der Waals surface area contributed by atoms with E-state index in [1.165, 1.54) is 16.2 Å². The number of hydrogen-bond acceptors (Lipinski definition) is 8. The minimum Gasteiger partial charge on any atom is -0.480 e. The van der Waals surface area contributed by atoms with E-state index in [2.05, 4.69) is 20.6 Å². The van der Waals surface area contributed by atoms with Crippen LogP contribution in [0.15, 0.2) is 24.4 Å². The van der Waals surface area contributed by atoms with E-state index in [0.717, 1.165) is 10.4 Å². The highest BCUT2D eigenvalue weighted by Gasteiger charge is 2.39. The summed E-state index contributed by atoms with van der Waals surface area (Å²) in [5, 5.41) is 11.4. The second-order valence-electron chi connectivity index (χ2n) is 7.37. The average molecular weight is 438 g/mol. The second kappa shape index (κ2) is 7.27. The molecule has 4 heterocycles. The maximum Gasteiger partial charge on any atom is 0.255 e. The van der Waals surface area contributed by atoms with Gasteiger partial charge in [-0.25, -0.2) is 4.68 Å². The summed E-state index contributed by atoms with van der Waals surface area (Å²) in [4.78, 5) is 43.5. The summed E-state index contributed by atoms with van der Waals surface area (Å²) in [6.07, 6.45) is 2.31. The summed E-state index contributed by atoms with van der Waals surface area (Å²) in [5.74, 6) is -0.395. The Bertz CT molecular complexity index is 1230. The predicted molar refractivity (Wildman–Crippen MR) is 110 cm³/mol. The third-order valence-corrected chi connectivity index (χ3v) is 6.41. The van der Waals surface area contributed by atoms with E-state index in [9.17, 15) is 14.4 Å². The largest absolute Gasteiger partial charge is 0.480 e. The van der Waals surface area contributed by atoms with Gasteiger partial charge < -0.3 is 9.64 Å². The van der Waals surface area contributed by atoms with Gasteiger partial charge in [0.2, 0.25) is 17.7 Å². The van der Waals surface area contributed by atoms with Crippen molar-refractivity contribution >= 4 is 29.1 Å². The number of rotatable bonds is 4. The molecule has 1 saturated heterocycles. The number of hydrogen-bond donors (Lipinski definition) is 1. The molecular formula is C20H18N6O4S. The fourth-order valence-corrected chi connectivity index (χ4v) is 4.69. The van der Waals surface area contributed by atoms with Crippen LogP contribution in [0, 0.1) is 6.92 Å². The highest BCUT2D eigenvalue weighted by atomic mass is 32.1. The molecule has 158 valence electrons. The zero-order chi connectivity index (χ0) is 21.7. The fraction of sp³-hybridized carbons (Fsp3) is 0.300. The van der Waals surface area contributed by atoms with Crippen LogP contribution in [-0.4, -0.2) is 55.8 Å². The number of aryl methyl sites for hydroxylation is 1. The van der Waals surface area contributed by atoms with Crippen molar-refractivity contribution in [2.24, 2.45) is 0 Å². The van der Waals surface area contributed by atoms with E-state index in [1.54, 1.807) is 24.1 Å². The van der Waals surface area contributed by atoms with Gasteiger partial charge in [0.25, 0.3) is 5.91 Å². The van der Waals surface area contributed by atoms with Gasteiger partial charge in [-0.2, -0.15) is 4.98 Å². The summed E-state index contributed by atoms with van der Waals surface area (Å²) in [6.45, 7) is 2.26. The Kier molecular flexibility index (Phi) is 4.54.